The first-order valence-electron chi connectivity index (χ1n) is 13.3. The van der Waals surface area contributed by atoms with Crippen molar-refractivity contribution < 1.29 is 9.84 Å². The van der Waals surface area contributed by atoms with Crippen molar-refractivity contribution in [1.82, 2.24) is 30.6 Å². The second-order valence-electron chi connectivity index (χ2n) is 9.41. The lowest BCUT2D eigenvalue weighted by molar-refractivity contribution is 0.282. The molecule has 2 heterocycles. The minimum absolute atomic E-state index is 0.0331. The average molecular weight is 521 g/mol. The van der Waals surface area contributed by atoms with E-state index in [4.69, 9.17) is 14.7 Å². The zero-order valence-electron chi connectivity index (χ0n) is 22.3. The van der Waals surface area contributed by atoms with Gasteiger partial charge < -0.3 is 9.84 Å². The van der Waals surface area contributed by atoms with Crippen LogP contribution in [-0.2, 0) is 32.5 Å². The highest BCUT2D eigenvalue weighted by Gasteiger charge is 2.16. The van der Waals surface area contributed by atoms with Crippen LogP contribution in [0.2, 0.25) is 0 Å². The first-order valence-corrected chi connectivity index (χ1v) is 13.3. The maximum atomic E-state index is 9.39. The molecule has 0 fully saturated rings. The number of aliphatic hydroxyl groups excluding tert-OH is 1. The van der Waals surface area contributed by atoms with E-state index in [9.17, 15) is 5.11 Å². The summed E-state index contributed by atoms with van der Waals surface area (Å²) >= 11 is 0. The summed E-state index contributed by atoms with van der Waals surface area (Å²) in [5.41, 5.74) is 8.16. The van der Waals surface area contributed by atoms with Crippen molar-refractivity contribution in [1.29, 1.82) is 0 Å². The Kier molecular flexibility index (Phi) is 8.33. The number of ether oxygens (including phenoxy) is 1. The fourth-order valence-electron chi connectivity index (χ4n) is 4.59. The third-order valence-electron chi connectivity index (χ3n) is 6.66. The number of aromatic amines is 1. The molecule has 0 aliphatic rings. The van der Waals surface area contributed by atoms with Crippen LogP contribution in [0.25, 0.3) is 22.5 Å². The van der Waals surface area contributed by atoms with E-state index in [0.717, 1.165) is 69.7 Å². The molecule has 0 aliphatic heterocycles. The number of H-pyrrole nitrogens is 1. The lowest BCUT2D eigenvalue weighted by atomic mass is 9.98. The van der Waals surface area contributed by atoms with Gasteiger partial charge in [0.2, 0.25) is 5.88 Å². The van der Waals surface area contributed by atoms with E-state index in [0.29, 0.717) is 24.7 Å². The summed E-state index contributed by atoms with van der Waals surface area (Å²) in [6.45, 7) is 4.68. The van der Waals surface area contributed by atoms with E-state index in [1.165, 1.54) is 0 Å². The smallest absolute Gasteiger partial charge is 0.220 e. The molecule has 5 rings (SSSR count). The predicted octanol–water partition coefficient (Wildman–Crippen LogP) is 5.50. The summed E-state index contributed by atoms with van der Waals surface area (Å²) in [5, 5.41) is 23.7. The number of tetrazole rings is 1. The molecule has 0 saturated heterocycles. The Morgan fingerprint density at radius 3 is 2.21 bits per heavy atom. The first kappa shape index (κ1) is 26.2. The molecular weight excluding hydrogens is 488 g/mol. The number of aryl methyl sites for hydroxylation is 2. The molecule has 2 aromatic heterocycles. The summed E-state index contributed by atoms with van der Waals surface area (Å²) < 4.78 is 6.38. The van der Waals surface area contributed by atoms with Gasteiger partial charge in [-0.1, -0.05) is 86.6 Å². The van der Waals surface area contributed by atoms with Crippen molar-refractivity contribution in [2.75, 3.05) is 0 Å². The molecule has 3 aromatic carbocycles. The summed E-state index contributed by atoms with van der Waals surface area (Å²) in [5.74, 6) is 2.09. The Bertz CT molecular complexity index is 1500. The Labute approximate surface area is 228 Å². The number of nitrogens with one attached hydrogen (secondary N) is 1. The molecule has 0 aliphatic carbocycles. The molecule has 39 heavy (non-hydrogen) atoms. The van der Waals surface area contributed by atoms with Crippen LogP contribution in [0.1, 0.15) is 54.0 Å². The summed E-state index contributed by atoms with van der Waals surface area (Å²) in [6, 6.07) is 24.4. The molecular formula is C31H32N6O2. The minimum Gasteiger partial charge on any atom is -0.472 e. The zero-order chi connectivity index (χ0) is 27.0. The van der Waals surface area contributed by atoms with Crippen LogP contribution in [-0.4, -0.2) is 35.7 Å². The summed E-state index contributed by atoms with van der Waals surface area (Å²) in [7, 11) is 0. The SMILES string of the molecule is CCCc1nc(CC)c(Cc2ccc(CO)cc2)c(OCc2ccc(-c3ccccc3-c3nnn[nH]3)cc2)n1. The van der Waals surface area contributed by atoms with E-state index in [2.05, 4.69) is 64.8 Å². The lowest BCUT2D eigenvalue weighted by Crippen LogP contribution is -2.10. The van der Waals surface area contributed by atoms with Crippen molar-refractivity contribution >= 4 is 0 Å². The normalized spacial score (nSPS) is 11.1. The highest BCUT2D eigenvalue weighted by atomic mass is 16.5. The molecule has 8 heteroatoms. The average Bonchev–Trinajstić information content (AvgIpc) is 3.53. The van der Waals surface area contributed by atoms with Crippen molar-refractivity contribution in [2.45, 2.75) is 52.7 Å². The van der Waals surface area contributed by atoms with Gasteiger partial charge in [0.1, 0.15) is 12.4 Å². The van der Waals surface area contributed by atoms with Crippen molar-refractivity contribution in [3.8, 4) is 28.4 Å². The van der Waals surface area contributed by atoms with Gasteiger partial charge in [0.25, 0.3) is 0 Å². The van der Waals surface area contributed by atoms with Gasteiger partial charge in [-0.2, -0.15) is 4.98 Å². The second-order valence-corrected chi connectivity index (χ2v) is 9.41. The summed E-state index contributed by atoms with van der Waals surface area (Å²) in [6.07, 6.45) is 3.25. The third kappa shape index (κ3) is 6.18. The Hall–Kier alpha value is -4.43. The number of rotatable bonds is 11. The maximum Gasteiger partial charge on any atom is 0.220 e. The van der Waals surface area contributed by atoms with Crippen LogP contribution in [0, 0.1) is 0 Å². The predicted molar refractivity (Wildman–Crippen MR) is 150 cm³/mol. The van der Waals surface area contributed by atoms with Gasteiger partial charge in [-0.15, -0.1) is 5.10 Å². The molecule has 0 unspecified atom stereocenters. The van der Waals surface area contributed by atoms with Gasteiger partial charge in [-0.25, -0.2) is 10.1 Å². The fraction of sp³-hybridized carbons (Fsp3) is 0.258. The van der Waals surface area contributed by atoms with Crippen LogP contribution < -0.4 is 4.74 Å². The van der Waals surface area contributed by atoms with Gasteiger partial charge in [0.15, 0.2) is 5.82 Å². The Morgan fingerprint density at radius 2 is 1.54 bits per heavy atom. The van der Waals surface area contributed by atoms with Crippen molar-refractivity contribution in [3.63, 3.8) is 0 Å². The highest BCUT2D eigenvalue weighted by Crippen LogP contribution is 2.30. The van der Waals surface area contributed by atoms with E-state index in [1.807, 2.05) is 42.5 Å². The highest BCUT2D eigenvalue weighted by molar-refractivity contribution is 5.80. The van der Waals surface area contributed by atoms with Crippen LogP contribution in [0.3, 0.4) is 0 Å². The first-order chi connectivity index (χ1) is 19.2. The molecule has 2 N–H and O–H groups in total. The molecule has 0 bridgehead atoms. The molecule has 0 atom stereocenters. The number of benzene rings is 3. The molecule has 0 saturated carbocycles. The van der Waals surface area contributed by atoms with Gasteiger partial charge in [-0.3, -0.25) is 0 Å². The third-order valence-corrected chi connectivity index (χ3v) is 6.66. The van der Waals surface area contributed by atoms with Crippen LogP contribution in [0.4, 0.5) is 0 Å². The number of hydrogen-bond acceptors (Lipinski definition) is 7. The van der Waals surface area contributed by atoms with Crippen LogP contribution in [0.5, 0.6) is 5.88 Å². The summed E-state index contributed by atoms with van der Waals surface area (Å²) in [4.78, 5) is 9.68. The zero-order valence-corrected chi connectivity index (χ0v) is 22.3. The molecule has 0 spiro atoms. The molecule has 0 amide bonds. The van der Waals surface area contributed by atoms with E-state index < -0.39 is 0 Å². The quantitative estimate of drug-likeness (QED) is 0.237. The van der Waals surface area contributed by atoms with Crippen molar-refractivity contribution in [2.24, 2.45) is 0 Å². The van der Waals surface area contributed by atoms with Crippen LogP contribution in [0.15, 0.2) is 72.8 Å². The van der Waals surface area contributed by atoms with E-state index in [-0.39, 0.29) is 6.61 Å². The Morgan fingerprint density at radius 1 is 0.821 bits per heavy atom. The number of aromatic nitrogens is 6. The molecule has 198 valence electrons. The fourth-order valence-corrected chi connectivity index (χ4v) is 4.59. The minimum atomic E-state index is 0.0331. The number of aliphatic hydroxyl groups is 1. The second kappa shape index (κ2) is 12.4. The lowest BCUT2D eigenvalue weighted by Gasteiger charge is -2.16. The molecule has 0 radical (unpaired) electrons. The number of hydrogen-bond donors (Lipinski definition) is 2. The van der Waals surface area contributed by atoms with Gasteiger partial charge in [-0.05, 0) is 51.1 Å². The van der Waals surface area contributed by atoms with Gasteiger partial charge >= 0.3 is 0 Å². The van der Waals surface area contributed by atoms with Crippen molar-refractivity contribution in [3.05, 3.63) is 107 Å². The standard InChI is InChI=1S/C31H32N6O2/c1-3-7-29-32-28(4-2)27(18-21-10-12-22(19-38)13-11-21)31(33-29)39-20-23-14-16-24(17-15-23)25-8-5-6-9-26(25)30-34-36-37-35-30/h5-6,8-17,38H,3-4,7,18-20H2,1-2H3,(H,34,35,36,37). The topological polar surface area (TPSA) is 110 Å². The molecule has 5 aromatic rings. The van der Waals surface area contributed by atoms with Gasteiger partial charge in [0.05, 0.1) is 12.3 Å². The van der Waals surface area contributed by atoms with Crippen LogP contribution >= 0.6 is 0 Å². The molecule has 8 nitrogen and oxygen atoms in total. The van der Waals surface area contributed by atoms with E-state index in [1.54, 1.807) is 0 Å². The maximum absolute atomic E-state index is 9.39. The van der Waals surface area contributed by atoms with E-state index >= 15 is 0 Å². The number of nitrogens with zero attached hydrogens (tertiary/aromatic N) is 5. The largest absolute Gasteiger partial charge is 0.472 e. The monoisotopic (exact) mass is 520 g/mol. The van der Waals surface area contributed by atoms with Gasteiger partial charge in [0, 0.05) is 24.0 Å². The Balaban J connectivity index is 1.39.